The first kappa shape index (κ1) is 27.5. The molecule has 1 aromatic carbocycles. The van der Waals surface area contributed by atoms with E-state index in [2.05, 4.69) is 20.3 Å². The first-order valence-electron chi connectivity index (χ1n) is 13.5. The standard InChI is InChI=1S/C27H30F3N5O4S/c28-27(29,30)23-13-38-7-6-35(23)18-8-16(9-18)25(37)34-26-33-19-5-4-15(10-22(19)40-26)17-11-31-24(32-12-17)14-39-21-3-1-2-20(21)36/h4-5,10-12,16,18,20-21,23,36H,1-3,6-9,13-14H2,(H,33,34,37)/t16?,18?,20-,21-,23-/m0/s1. The second-order valence-corrected chi connectivity index (χ2v) is 11.6. The van der Waals surface area contributed by atoms with Crippen LogP contribution in [0.4, 0.5) is 18.3 Å². The van der Waals surface area contributed by atoms with Gasteiger partial charge in [0.2, 0.25) is 5.91 Å². The van der Waals surface area contributed by atoms with Crippen LogP contribution in [0.3, 0.4) is 0 Å². The van der Waals surface area contributed by atoms with Crippen LogP contribution in [0.1, 0.15) is 37.9 Å². The van der Waals surface area contributed by atoms with Gasteiger partial charge in [-0.1, -0.05) is 17.4 Å². The molecule has 2 saturated carbocycles. The van der Waals surface area contributed by atoms with Crippen molar-refractivity contribution in [3.63, 3.8) is 0 Å². The first-order valence-corrected chi connectivity index (χ1v) is 14.3. The predicted octanol–water partition coefficient (Wildman–Crippen LogP) is 4.16. The maximum atomic E-state index is 13.4. The van der Waals surface area contributed by atoms with E-state index in [-0.39, 0.29) is 50.3 Å². The SMILES string of the molecule is O=C(Nc1nc2ccc(-c3cnc(CO[C@H]4CCC[C@@H]4O)nc3)cc2s1)C1CC(N2CCOC[C@H]2C(F)(F)F)C1. The van der Waals surface area contributed by atoms with E-state index in [1.54, 1.807) is 12.4 Å². The molecule has 40 heavy (non-hydrogen) atoms. The number of hydrogen-bond acceptors (Lipinski definition) is 9. The van der Waals surface area contributed by atoms with Gasteiger partial charge in [0.1, 0.15) is 12.6 Å². The van der Waals surface area contributed by atoms with Gasteiger partial charge in [0, 0.05) is 36.5 Å². The van der Waals surface area contributed by atoms with Crippen LogP contribution < -0.4 is 5.32 Å². The average molecular weight is 578 g/mol. The molecule has 1 saturated heterocycles. The number of thiazole rings is 1. The van der Waals surface area contributed by atoms with Crippen LogP contribution in [0.2, 0.25) is 0 Å². The fourth-order valence-corrected chi connectivity index (χ4v) is 6.54. The van der Waals surface area contributed by atoms with Gasteiger partial charge in [0.15, 0.2) is 11.0 Å². The number of morpholine rings is 1. The van der Waals surface area contributed by atoms with Crippen LogP contribution in [0.5, 0.6) is 0 Å². The number of carbonyl (C=O) groups excluding carboxylic acids is 1. The Morgan fingerprint density at radius 1 is 1.20 bits per heavy atom. The normalized spacial score (nSPS) is 27.6. The van der Waals surface area contributed by atoms with Crippen LogP contribution in [-0.4, -0.2) is 81.1 Å². The summed E-state index contributed by atoms with van der Waals surface area (Å²) < 4.78 is 51.8. The zero-order valence-electron chi connectivity index (χ0n) is 21.6. The number of carbonyl (C=O) groups is 1. The van der Waals surface area contributed by atoms with Crippen molar-refractivity contribution >= 4 is 32.6 Å². The quantitative estimate of drug-likeness (QED) is 0.431. The molecule has 6 rings (SSSR count). The molecule has 0 bridgehead atoms. The highest BCUT2D eigenvalue weighted by Gasteiger charge is 2.50. The molecular weight excluding hydrogens is 547 g/mol. The number of aromatic nitrogens is 3. The summed E-state index contributed by atoms with van der Waals surface area (Å²) in [6.45, 7) is 0.371. The molecule has 1 amide bonds. The highest BCUT2D eigenvalue weighted by Crippen LogP contribution is 2.39. The van der Waals surface area contributed by atoms with Gasteiger partial charge in [-0.25, -0.2) is 15.0 Å². The summed E-state index contributed by atoms with van der Waals surface area (Å²) in [6, 6.07) is 3.84. The van der Waals surface area contributed by atoms with Crippen LogP contribution in [0.25, 0.3) is 21.3 Å². The maximum absolute atomic E-state index is 13.4. The second kappa shape index (κ2) is 11.3. The van der Waals surface area contributed by atoms with Gasteiger partial charge in [0.25, 0.3) is 0 Å². The molecule has 3 aliphatic rings. The number of nitrogens with zero attached hydrogens (tertiary/aromatic N) is 4. The predicted molar refractivity (Wildman–Crippen MR) is 142 cm³/mol. The molecule has 3 aromatic rings. The van der Waals surface area contributed by atoms with Crippen LogP contribution in [0, 0.1) is 5.92 Å². The zero-order chi connectivity index (χ0) is 27.9. The van der Waals surface area contributed by atoms with Crippen molar-refractivity contribution in [1.29, 1.82) is 0 Å². The highest BCUT2D eigenvalue weighted by atomic mass is 32.1. The third-order valence-electron chi connectivity index (χ3n) is 8.00. The summed E-state index contributed by atoms with van der Waals surface area (Å²) >= 11 is 1.34. The number of amides is 1. The van der Waals surface area contributed by atoms with E-state index in [1.807, 2.05) is 18.2 Å². The Morgan fingerprint density at radius 2 is 2.00 bits per heavy atom. The highest BCUT2D eigenvalue weighted by molar-refractivity contribution is 7.22. The van der Waals surface area contributed by atoms with Crippen molar-refractivity contribution < 1.29 is 32.5 Å². The number of aliphatic hydroxyl groups is 1. The van der Waals surface area contributed by atoms with E-state index in [9.17, 15) is 23.1 Å². The number of halogens is 3. The number of anilines is 1. The molecule has 3 heterocycles. The molecule has 0 unspecified atom stereocenters. The third-order valence-corrected chi connectivity index (χ3v) is 8.94. The molecule has 214 valence electrons. The summed E-state index contributed by atoms with van der Waals surface area (Å²) in [4.78, 5) is 27.5. The van der Waals surface area contributed by atoms with Crippen LogP contribution >= 0.6 is 11.3 Å². The summed E-state index contributed by atoms with van der Waals surface area (Å²) in [5.74, 6) is -0.0166. The van der Waals surface area contributed by atoms with Gasteiger partial charge in [-0.15, -0.1) is 0 Å². The number of alkyl halides is 3. The van der Waals surface area contributed by atoms with Crippen molar-refractivity contribution in [3.8, 4) is 11.1 Å². The average Bonchev–Trinajstić information content (AvgIpc) is 3.51. The Hall–Kier alpha value is -2.71. The van der Waals surface area contributed by atoms with Crippen molar-refractivity contribution in [1.82, 2.24) is 19.9 Å². The molecular formula is C27H30F3N5O4S. The molecule has 2 N–H and O–H groups in total. The Bertz CT molecular complexity index is 1350. The topological polar surface area (TPSA) is 110 Å². The van der Waals surface area contributed by atoms with E-state index in [0.29, 0.717) is 23.8 Å². The van der Waals surface area contributed by atoms with Gasteiger partial charge >= 0.3 is 6.18 Å². The summed E-state index contributed by atoms with van der Waals surface area (Å²) in [5, 5.41) is 13.2. The lowest BCUT2D eigenvalue weighted by atomic mass is 9.78. The molecule has 2 aromatic heterocycles. The van der Waals surface area contributed by atoms with Crippen LogP contribution in [-0.2, 0) is 20.9 Å². The van der Waals surface area contributed by atoms with Crippen molar-refractivity contribution in [3.05, 3.63) is 36.4 Å². The fourth-order valence-electron chi connectivity index (χ4n) is 5.63. The summed E-state index contributed by atoms with van der Waals surface area (Å²) in [5.41, 5.74) is 2.46. The van der Waals surface area contributed by atoms with Gasteiger partial charge in [-0.2, -0.15) is 13.2 Å². The molecule has 0 spiro atoms. The second-order valence-electron chi connectivity index (χ2n) is 10.6. The Labute approximate surface area is 232 Å². The number of aliphatic hydroxyl groups excluding tert-OH is 1. The number of benzene rings is 1. The lowest BCUT2D eigenvalue weighted by molar-refractivity contribution is -0.224. The van der Waals surface area contributed by atoms with E-state index >= 15 is 0 Å². The maximum Gasteiger partial charge on any atom is 0.406 e. The van der Waals surface area contributed by atoms with Crippen molar-refractivity contribution in [2.24, 2.45) is 5.92 Å². The summed E-state index contributed by atoms with van der Waals surface area (Å²) in [6.07, 6.45) is 1.85. The Balaban J connectivity index is 1.04. The van der Waals surface area contributed by atoms with Crippen LogP contribution in [0.15, 0.2) is 30.6 Å². The van der Waals surface area contributed by atoms with Crippen molar-refractivity contribution in [2.75, 3.05) is 25.1 Å². The Kier molecular flexibility index (Phi) is 7.75. The number of ether oxygens (including phenoxy) is 2. The lowest BCUT2D eigenvalue weighted by Crippen LogP contribution is -2.60. The number of rotatable bonds is 7. The van der Waals surface area contributed by atoms with Gasteiger partial charge in [-0.05, 0) is 49.8 Å². The summed E-state index contributed by atoms with van der Waals surface area (Å²) in [7, 11) is 0. The van der Waals surface area contributed by atoms with Crippen molar-refractivity contribution in [2.45, 2.75) is 69.2 Å². The Morgan fingerprint density at radius 3 is 2.73 bits per heavy atom. The lowest BCUT2D eigenvalue weighted by Gasteiger charge is -2.47. The molecule has 9 nitrogen and oxygen atoms in total. The number of nitrogens with one attached hydrogen (secondary N) is 1. The molecule has 13 heteroatoms. The van der Waals surface area contributed by atoms with E-state index in [0.717, 1.165) is 40.6 Å². The molecule has 2 aliphatic carbocycles. The van der Waals surface area contributed by atoms with E-state index < -0.39 is 18.3 Å². The molecule has 1 aliphatic heterocycles. The minimum Gasteiger partial charge on any atom is -0.390 e. The monoisotopic (exact) mass is 577 g/mol. The van der Waals surface area contributed by atoms with Gasteiger partial charge in [-0.3, -0.25) is 9.69 Å². The minimum atomic E-state index is -4.35. The smallest absolute Gasteiger partial charge is 0.390 e. The molecule has 3 fully saturated rings. The number of fused-ring (bicyclic) bond motifs is 1. The van der Waals surface area contributed by atoms with E-state index in [4.69, 9.17) is 9.47 Å². The minimum absolute atomic E-state index is 0.163. The first-order chi connectivity index (χ1) is 19.2. The molecule has 3 atom stereocenters. The third kappa shape index (κ3) is 5.84. The van der Waals surface area contributed by atoms with Gasteiger partial charge in [0.05, 0.1) is 35.6 Å². The van der Waals surface area contributed by atoms with E-state index in [1.165, 1.54) is 16.2 Å². The zero-order valence-corrected chi connectivity index (χ0v) is 22.5. The van der Waals surface area contributed by atoms with Gasteiger partial charge < -0.3 is 19.9 Å². The fraction of sp³-hybridized carbons (Fsp3) is 0.556. The molecule has 0 radical (unpaired) electrons. The number of hydrogen-bond donors (Lipinski definition) is 2. The largest absolute Gasteiger partial charge is 0.406 e.